The highest BCUT2D eigenvalue weighted by atomic mass is 19.1. The summed E-state index contributed by atoms with van der Waals surface area (Å²) in [5, 5.41) is 11.3. The third-order valence-electron chi connectivity index (χ3n) is 2.77. The second kappa shape index (κ2) is 5.41. The van der Waals surface area contributed by atoms with E-state index in [-0.39, 0.29) is 5.56 Å². The third-order valence-corrected chi connectivity index (χ3v) is 2.77. The van der Waals surface area contributed by atoms with Crippen molar-refractivity contribution >= 4 is 17.3 Å². The van der Waals surface area contributed by atoms with Gasteiger partial charge in [-0.15, -0.1) is 0 Å². The number of hydrogen-bond donors (Lipinski definition) is 2. The molecule has 0 bridgehead atoms. The Hall–Kier alpha value is -2.87. The molecule has 0 aliphatic carbocycles. The topological polar surface area (TPSA) is 78.9 Å². The first-order chi connectivity index (χ1) is 9.51. The summed E-state index contributed by atoms with van der Waals surface area (Å²) in [6.45, 7) is 1.54. The average molecular weight is 269 g/mol. The lowest BCUT2D eigenvalue weighted by atomic mass is 10.1. The SMILES string of the molecule is Cc1cc(N)cc(C(=O)Nc2cccc(C#N)c2)c1F. The summed E-state index contributed by atoms with van der Waals surface area (Å²) in [5.74, 6) is -1.21. The Morgan fingerprint density at radius 1 is 1.35 bits per heavy atom. The number of halogens is 1. The molecule has 0 saturated heterocycles. The lowest BCUT2D eigenvalue weighted by Gasteiger charge is -2.09. The molecule has 2 aromatic rings. The summed E-state index contributed by atoms with van der Waals surface area (Å²) in [7, 11) is 0. The van der Waals surface area contributed by atoms with Crippen molar-refractivity contribution in [1.29, 1.82) is 5.26 Å². The molecule has 2 aromatic carbocycles. The molecule has 0 heterocycles. The van der Waals surface area contributed by atoms with Gasteiger partial charge in [-0.25, -0.2) is 4.39 Å². The molecule has 5 heteroatoms. The molecule has 0 radical (unpaired) electrons. The number of carbonyl (C=O) groups excluding carboxylic acids is 1. The fraction of sp³-hybridized carbons (Fsp3) is 0.0667. The number of nitriles is 1. The van der Waals surface area contributed by atoms with E-state index in [0.29, 0.717) is 22.5 Å². The van der Waals surface area contributed by atoms with E-state index in [2.05, 4.69) is 5.32 Å². The van der Waals surface area contributed by atoms with Crippen LogP contribution in [-0.2, 0) is 0 Å². The lowest BCUT2D eigenvalue weighted by Crippen LogP contribution is -2.15. The van der Waals surface area contributed by atoms with E-state index >= 15 is 0 Å². The number of carbonyl (C=O) groups is 1. The number of anilines is 2. The van der Waals surface area contributed by atoms with Gasteiger partial charge in [0, 0.05) is 11.4 Å². The summed E-state index contributed by atoms with van der Waals surface area (Å²) in [6.07, 6.45) is 0. The second-order valence-electron chi connectivity index (χ2n) is 4.35. The van der Waals surface area contributed by atoms with E-state index in [0.717, 1.165) is 0 Å². The molecule has 0 atom stereocenters. The Kier molecular flexibility index (Phi) is 3.67. The minimum absolute atomic E-state index is 0.120. The van der Waals surface area contributed by atoms with E-state index in [9.17, 15) is 9.18 Å². The molecule has 0 saturated carbocycles. The van der Waals surface area contributed by atoms with E-state index < -0.39 is 11.7 Å². The number of nitrogen functional groups attached to an aromatic ring is 1. The summed E-state index contributed by atoms with van der Waals surface area (Å²) >= 11 is 0. The van der Waals surface area contributed by atoms with Crippen LogP contribution in [0.4, 0.5) is 15.8 Å². The van der Waals surface area contributed by atoms with Gasteiger partial charge in [-0.2, -0.15) is 5.26 Å². The molecule has 1 amide bonds. The van der Waals surface area contributed by atoms with Gasteiger partial charge in [-0.1, -0.05) is 6.07 Å². The maximum absolute atomic E-state index is 13.9. The molecule has 0 spiro atoms. The Bertz CT molecular complexity index is 720. The molecule has 2 rings (SSSR count). The van der Waals surface area contributed by atoms with Crippen LogP contribution in [0.25, 0.3) is 0 Å². The monoisotopic (exact) mass is 269 g/mol. The Balaban J connectivity index is 2.31. The highest BCUT2D eigenvalue weighted by Crippen LogP contribution is 2.19. The van der Waals surface area contributed by atoms with Crippen LogP contribution in [0.1, 0.15) is 21.5 Å². The van der Waals surface area contributed by atoms with Crippen molar-refractivity contribution in [2.75, 3.05) is 11.1 Å². The van der Waals surface area contributed by atoms with Gasteiger partial charge in [0.15, 0.2) is 0 Å². The van der Waals surface area contributed by atoms with E-state index in [4.69, 9.17) is 11.0 Å². The number of nitrogens with two attached hydrogens (primary N) is 1. The van der Waals surface area contributed by atoms with Gasteiger partial charge in [0.25, 0.3) is 5.91 Å². The van der Waals surface area contributed by atoms with Crippen molar-refractivity contribution in [3.05, 3.63) is 58.9 Å². The van der Waals surface area contributed by atoms with Gasteiger partial charge in [-0.05, 0) is 42.8 Å². The molecule has 0 aliphatic heterocycles. The molecule has 3 N–H and O–H groups in total. The lowest BCUT2D eigenvalue weighted by molar-refractivity contribution is 0.102. The van der Waals surface area contributed by atoms with Gasteiger partial charge >= 0.3 is 0 Å². The Labute approximate surface area is 115 Å². The molecule has 0 fully saturated rings. The zero-order valence-electron chi connectivity index (χ0n) is 10.8. The normalized spacial score (nSPS) is 9.85. The largest absolute Gasteiger partial charge is 0.399 e. The summed E-state index contributed by atoms with van der Waals surface area (Å²) in [5.41, 5.74) is 6.95. The van der Waals surface area contributed by atoms with Gasteiger partial charge in [0.05, 0.1) is 17.2 Å². The van der Waals surface area contributed by atoms with Crippen LogP contribution in [0, 0.1) is 24.1 Å². The van der Waals surface area contributed by atoms with Crippen LogP contribution in [0.15, 0.2) is 36.4 Å². The maximum atomic E-state index is 13.9. The average Bonchev–Trinajstić information content (AvgIpc) is 2.43. The van der Waals surface area contributed by atoms with Crippen LogP contribution < -0.4 is 11.1 Å². The molecular formula is C15H12FN3O. The number of nitrogens with one attached hydrogen (secondary N) is 1. The molecule has 100 valence electrons. The molecule has 0 aromatic heterocycles. The summed E-state index contributed by atoms with van der Waals surface area (Å²) in [4.78, 5) is 12.0. The number of nitrogens with zero attached hydrogens (tertiary/aromatic N) is 1. The van der Waals surface area contributed by atoms with Crippen LogP contribution in [0.3, 0.4) is 0 Å². The van der Waals surface area contributed by atoms with Crippen LogP contribution in [0.2, 0.25) is 0 Å². The number of amides is 1. The Morgan fingerprint density at radius 3 is 2.80 bits per heavy atom. The van der Waals surface area contributed by atoms with Crippen molar-refractivity contribution in [3.63, 3.8) is 0 Å². The van der Waals surface area contributed by atoms with Crippen molar-refractivity contribution in [2.24, 2.45) is 0 Å². The quantitative estimate of drug-likeness (QED) is 0.823. The van der Waals surface area contributed by atoms with Gasteiger partial charge < -0.3 is 11.1 Å². The smallest absolute Gasteiger partial charge is 0.258 e. The van der Waals surface area contributed by atoms with E-state index in [1.807, 2.05) is 6.07 Å². The van der Waals surface area contributed by atoms with Crippen LogP contribution in [-0.4, -0.2) is 5.91 Å². The van der Waals surface area contributed by atoms with Crippen molar-refractivity contribution in [2.45, 2.75) is 6.92 Å². The fourth-order valence-electron chi connectivity index (χ4n) is 1.83. The number of rotatable bonds is 2. The molecule has 4 nitrogen and oxygen atoms in total. The number of aryl methyl sites for hydroxylation is 1. The van der Waals surface area contributed by atoms with E-state index in [1.54, 1.807) is 25.1 Å². The van der Waals surface area contributed by atoms with Crippen molar-refractivity contribution in [3.8, 4) is 6.07 Å². The number of hydrogen-bond acceptors (Lipinski definition) is 3. The minimum Gasteiger partial charge on any atom is -0.399 e. The number of benzene rings is 2. The molecule has 0 unspecified atom stereocenters. The molecular weight excluding hydrogens is 257 g/mol. The predicted octanol–water partition coefficient (Wildman–Crippen LogP) is 2.84. The minimum atomic E-state index is -0.604. The zero-order chi connectivity index (χ0) is 14.7. The molecule has 20 heavy (non-hydrogen) atoms. The first kappa shape index (κ1) is 13.6. The second-order valence-corrected chi connectivity index (χ2v) is 4.35. The summed E-state index contributed by atoms with van der Waals surface area (Å²) < 4.78 is 13.9. The highest BCUT2D eigenvalue weighted by Gasteiger charge is 2.15. The van der Waals surface area contributed by atoms with Crippen molar-refractivity contribution in [1.82, 2.24) is 0 Å². The van der Waals surface area contributed by atoms with Crippen LogP contribution >= 0.6 is 0 Å². The van der Waals surface area contributed by atoms with Gasteiger partial charge in [0.2, 0.25) is 0 Å². The Morgan fingerprint density at radius 2 is 2.10 bits per heavy atom. The van der Waals surface area contributed by atoms with Crippen LogP contribution in [0.5, 0.6) is 0 Å². The zero-order valence-corrected chi connectivity index (χ0v) is 10.8. The first-order valence-electron chi connectivity index (χ1n) is 5.88. The standard InChI is InChI=1S/C15H12FN3O/c1-9-5-11(18)7-13(14(9)16)15(20)19-12-4-2-3-10(6-12)8-17/h2-7H,18H2,1H3,(H,19,20). The highest BCUT2D eigenvalue weighted by molar-refractivity contribution is 6.05. The van der Waals surface area contributed by atoms with Crippen molar-refractivity contribution < 1.29 is 9.18 Å². The fourth-order valence-corrected chi connectivity index (χ4v) is 1.83. The maximum Gasteiger partial charge on any atom is 0.258 e. The predicted molar refractivity (Wildman–Crippen MR) is 74.7 cm³/mol. The molecule has 0 aliphatic rings. The van der Waals surface area contributed by atoms with E-state index in [1.165, 1.54) is 18.2 Å². The van der Waals surface area contributed by atoms with Gasteiger partial charge in [-0.3, -0.25) is 4.79 Å². The van der Waals surface area contributed by atoms with Gasteiger partial charge in [0.1, 0.15) is 5.82 Å². The first-order valence-corrected chi connectivity index (χ1v) is 5.88. The summed E-state index contributed by atoms with van der Waals surface area (Å²) in [6, 6.07) is 11.1. The third kappa shape index (κ3) is 2.75.